The zero-order valence-electron chi connectivity index (χ0n) is 4.52. The molecule has 0 saturated carbocycles. The van der Waals surface area contributed by atoms with Crippen molar-refractivity contribution < 1.29 is 14.3 Å². The highest BCUT2D eigenvalue weighted by Crippen LogP contribution is 1.89. The van der Waals surface area contributed by atoms with Crippen molar-refractivity contribution in [2.75, 3.05) is 13.4 Å². The first-order chi connectivity index (χ1) is 3.77. The van der Waals surface area contributed by atoms with Gasteiger partial charge in [-0.3, -0.25) is 0 Å². The van der Waals surface area contributed by atoms with Crippen LogP contribution in [0.4, 0.5) is 4.79 Å². The molecule has 48 valence electrons. The summed E-state index contributed by atoms with van der Waals surface area (Å²) in [5.74, 6) is 0. The van der Waals surface area contributed by atoms with E-state index in [1.807, 2.05) is 6.92 Å². The molecular weight excluding hydrogens is 176 g/mol. The molecule has 0 aliphatic heterocycles. The summed E-state index contributed by atoms with van der Waals surface area (Å²) < 4.78 is 9.01. The van der Waals surface area contributed by atoms with Crippen LogP contribution in [0.1, 0.15) is 6.92 Å². The Hall–Kier alpha value is -0.0900. The van der Waals surface area contributed by atoms with Gasteiger partial charge in [-0.25, -0.2) is 4.79 Å². The molecule has 0 saturated heterocycles. The molecule has 8 heavy (non-hydrogen) atoms. The van der Waals surface area contributed by atoms with E-state index in [4.69, 9.17) is 0 Å². The molecule has 0 amide bonds. The first kappa shape index (κ1) is 7.91. The highest BCUT2D eigenvalue weighted by Gasteiger charge is 1.90. The normalized spacial score (nSPS) is 8.75. The number of hydrogen-bond acceptors (Lipinski definition) is 3. The van der Waals surface area contributed by atoms with E-state index in [1.165, 1.54) is 0 Å². The van der Waals surface area contributed by atoms with Crippen molar-refractivity contribution in [3.8, 4) is 0 Å². The third kappa shape index (κ3) is 5.91. The van der Waals surface area contributed by atoms with Gasteiger partial charge < -0.3 is 9.47 Å². The zero-order valence-corrected chi connectivity index (χ0v) is 6.10. The summed E-state index contributed by atoms with van der Waals surface area (Å²) in [6.07, 6.45) is 0. The maximum Gasteiger partial charge on any atom is 0.376 e. The van der Waals surface area contributed by atoms with E-state index in [0.29, 0.717) is 6.61 Å². The fourth-order valence-electron chi connectivity index (χ4n) is 0.171. The third-order valence-electron chi connectivity index (χ3n) is 0.460. The lowest BCUT2D eigenvalue weighted by Crippen LogP contribution is -1.99. The molecule has 0 atom stereocenters. The number of hydrogen-bond donors (Lipinski definition) is 0. The Morgan fingerprint density at radius 1 is 1.75 bits per heavy atom. The van der Waals surface area contributed by atoms with Gasteiger partial charge in [0.1, 0.15) is 0 Å². The van der Waals surface area contributed by atoms with Crippen molar-refractivity contribution >= 4 is 20.8 Å². The minimum Gasteiger partial charge on any atom is -0.430 e. The smallest absolute Gasteiger partial charge is 0.376 e. The number of rotatable bonds is 3. The third-order valence-corrected chi connectivity index (χ3v) is 0.689. The molecule has 4 heteroatoms. The fraction of sp³-hybridized carbons (Fsp3) is 0.750. The predicted octanol–water partition coefficient (Wildman–Crippen LogP) is 1.51. The standard InChI is InChI=1S/C4H7BrO3/c1-2-7-3-8-4(5)6/h2-3H2,1H3. The summed E-state index contributed by atoms with van der Waals surface area (Å²) in [5, 5.41) is 0. The van der Waals surface area contributed by atoms with E-state index in [9.17, 15) is 4.79 Å². The van der Waals surface area contributed by atoms with Gasteiger partial charge in [-0.05, 0) is 6.92 Å². The molecule has 0 spiro atoms. The van der Waals surface area contributed by atoms with Gasteiger partial charge in [-0.15, -0.1) is 0 Å². The Kier molecular flexibility index (Phi) is 5.00. The Balaban J connectivity index is 2.82. The molecule has 0 aliphatic carbocycles. The molecule has 0 aromatic heterocycles. The van der Waals surface area contributed by atoms with E-state index in [2.05, 4.69) is 25.4 Å². The van der Waals surface area contributed by atoms with Gasteiger partial charge in [0.15, 0.2) is 6.79 Å². The van der Waals surface area contributed by atoms with E-state index < -0.39 is 4.88 Å². The van der Waals surface area contributed by atoms with Crippen LogP contribution in [-0.4, -0.2) is 18.3 Å². The van der Waals surface area contributed by atoms with Gasteiger partial charge in [-0.1, -0.05) is 0 Å². The van der Waals surface area contributed by atoms with Crippen LogP contribution in [0.3, 0.4) is 0 Å². The summed E-state index contributed by atoms with van der Waals surface area (Å²) in [6, 6.07) is 0. The Bertz CT molecular complexity index is 73.7. The van der Waals surface area contributed by atoms with Crippen LogP contribution in [0.5, 0.6) is 0 Å². The molecule has 0 heterocycles. The molecule has 0 N–H and O–H groups in total. The van der Waals surface area contributed by atoms with Gasteiger partial charge >= 0.3 is 4.88 Å². The maximum absolute atomic E-state index is 9.93. The number of ether oxygens (including phenoxy) is 2. The first-order valence-electron chi connectivity index (χ1n) is 2.17. The summed E-state index contributed by atoms with van der Waals surface area (Å²) in [7, 11) is 0. The molecular formula is C4H7BrO3. The monoisotopic (exact) mass is 182 g/mol. The second-order valence-electron chi connectivity index (χ2n) is 0.993. The second kappa shape index (κ2) is 5.05. The van der Waals surface area contributed by atoms with Crippen molar-refractivity contribution in [2.45, 2.75) is 6.92 Å². The van der Waals surface area contributed by atoms with Crippen LogP contribution in [0.15, 0.2) is 0 Å². The zero-order chi connectivity index (χ0) is 6.41. The van der Waals surface area contributed by atoms with E-state index in [-0.39, 0.29) is 6.79 Å². The molecule has 0 fully saturated rings. The van der Waals surface area contributed by atoms with Gasteiger partial charge in [0, 0.05) is 22.5 Å². The van der Waals surface area contributed by atoms with E-state index >= 15 is 0 Å². The van der Waals surface area contributed by atoms with E-state index in [1.54, 1.807) is 0 Å². The van der Waals surface area contributed by atoms with Crippen LogP contribution in [0, 0.1) is 0 Å². The van der Waals surface area contributed by atoms with Crippen LogP contribution in [0.25, 0.3) is 0 Å². The lowest BCUT2D eigenvalue weighted by Gasteiger charge is -1.97. The summed E-state index contributed by atoms with van der Waals surface area (Å²) in [6.45, 7) is 2.41. The Morgan fingerprint density at radius 3 is 2.75 bits per heavy atom. The molecule has 0 aromatic rings. The highest BCUT2D eigenvalue weighted by atomic mass is 79.9. The predicted molar refractivity (Wildman–Crippen MR) is 31.9 cm³/mol. The molecule has 0 aromatic carbocycles. The molecule has 0 bridgehead atoms. The summed E-state index contributed by atoms with van der Waals surface area (Å²) in [4.78, 5) is 9.44. The number of carbonyl (C=O) groups excluding carboxylic acids is 1. The van der Waals surface area contributed by atoms with Crippen molar-refractivity contribution in [1.29, 1.82) is 0 Å². The Labute approximate surface area is 56.1 Å². The van der Waals surface area contributed by atoms with Crippen molar-refractivity contribution in [3.63, 3.8) is 0 Å². The number of halogens is 1. The van der Waals surface area contributed by atoms with Crippen LogP contribution < -0.4 is 0 Å². The van der Waals surface area contributed by atoms with Gasteiger partial charge in [0.05, 0.1) is 0 Å². The number of carbonyl (C=O) groups is 1. The highest BCUT2D eigenvalue weighted by molar-refractivity contribution is 9.18. The van der Waals surface area contributed by atoms with Crippen molar-refractivity contribution in [2.24, 2.45) is 0 Å². The van der Waals surface area contributed by atoms with Crippen LogP contribution in [-0.2, 0) is 9.47 Å². The Morgan fingerprint density at radius 2 is 2.38 bits per heavy atom. The summed E-state index contributed by atoms with van der Waals surface area (Å²) >= 11 is 2.56. The second-order valence-corrected chi connectivity index (χ2v) is 1.64. The van der Waals surface area contributed by atoms with Crippen LogP contribution >= 0.6 is 15.9 Å². The van der Waals surface area contributed by atoms with Crippen molar-refractivity contribution in [3.05, 3.63) is 0 Å². The topological polar surface area (TPSA) is 35.5 Å². The largest absolute Gasteiger partial charge is 0.430 e. The SMILES string of the molecule is CCOCOC(=O)Br. The summed E-state index contributed by atoms with van der Waals surface area (Å²) in [5.41, 5.74) is 0. The minimum atomic E-state index is -0.494. The van der Waals surface area contributed by atoms with Gasteiger partial charge in [0.25, 0.3) is 0 Å². The van der Waals surface area contributed by atoms with E-state index in [0.717, 1.165) is 0 Å². The lowest BCUT2D eigenvalue weighted by atomic mass is 10.9. The maximum atomic E-state index is 9.93. The van der Waals surface area contributed by atoms with Crippen LogP contribution in [0.2, 0.25) is 0 Å². The quantitative estimate of drug-likeness (QED) is 0.378. The fourth-order valence-corrected chi connectivity index (χ4v) is 0.265. The molecule has 0 radical (unpaired) electrons. The lowest BCUT2D eigenvalue weighted by molar-refractivity contribution is 0.00112. The first-order valence-corrected chi connectivity index (χ1v) is 2.96. The van der Waals surface area contributed by atoms with Gasteiger partial charge in [-0.2, -0.15) is 0 Å². The average molecular weight is 183 g/mol. The minimum absolute atomic E-state index is 0.0284. The van der Waals surface area contributed by atoms with Crippen molar-refractivity contribution in [1.82, 2.24) is 0 Å². The molecule has 0 aliphatic rings. The molecule has 0 unspecified atom stereocenters. The average Bonchev–Trinajstić information content (AvgIpc) is 1.66. The van der Waals surface area contributed by atoms with Gasteiger partial charge in [0.2, 0.25) is 0 Å². The molecule has 3 nitrogen and oxygen atoms in total. The molecule has 0 rings (SSSR count).